The lowest BCUT2D eigenvalue weighted by molar-refractivity contribution is -0.150. The zero-order valence-electron chi connectivity index (χ0n) is 18.0. The minimum Gasteiger partial charge on any atom is -0.497 e. The number of methoxy groups -OCH3 is 1. The summed E-state index contributed by atoms with van der Waals surface area (Å²) in [7, 11) is 1.65. The maximum atomic E-state index is 12.5. The molecule has 4 rings (SSSR count). The number of carbonyl (C=O) groups is 2. The Bertz CT molecular complexity index is 1080. The summed E-state index contributed by atoms with van der Waals surface area (Å²) in [6.45, 7) is 2.48. The fourth-order valence-electron chi connectivity index (χ4n) is 3.68. The Hall–Kier alpha value is -3.19. The number of piperazine rings is 1. The number of ether oxygens (including phenoxy) is 2. The number of carbonyl (C=O) groups excluding carboxylic acids is 2. The smallest absolute Gasteiger partial charge is 0.316 e. The number of esters is 1. The maximum Gasteiger partial charge on any atom is 0.316 e. The number of nitrogens with zero attached hydrogens (tertiary/aromatic N) is 2. The molecule has 0 N–H and O–H groups in total. The molecule has 0 aliphatic carbocycles. The second kappa shape index (κ2) is 10.4. The Morgan fingerprint density at radius 1 is 0.906 bits per heavy atom. The SMILES string of the molecule is COc1ccc(N2CCN(C(=O)COC(=O)CSc3ccc4ccccc4c3)CC2)cc1. The summed E-state index contributed by atoms with van der Waals surface area (Å²) in [6.07, 6.45) is 0. The van der Waals surface area contributed by atoms with Crippen molar-refractivity contribution in [1.82, 2.24) is 4.90 Å². The number of fused-ring (bicyclic) bond motifs is 1. The molecule has 0 atom stereocenters. The minimum atomic E-state index is -0.381. The lowest BCUT2D eigenvalue weighted by atomic mass is 10.1. The molecule has 6 nitrogen and oxygen atoms in total. The van der Waals surface area contributed by atoms with Crippen LogP contribution < -0.4 is 9.64 Å². The molecule has 0 saturated carbocycles. The van der Waals surface area contributed by atoms with Crippen LogP contribution >= 0.6 is 11.8 Å². The highest BCUT2D eigenvalue weighted by Crippen LogP contribution is 2.24. The van der Waals surface area contributed by atoms with Crippen LogP contribution in [0.15, 0.2) is 71.6 Å². The summed E-state index contributed by atoms with van der Waals surface area (Å²) < 4.78 is 10.4. The van der Waals surface area contributed by atoms with Gasteiger partial charge in [-0.25, -0.2) is 0 Å². The van der Waals surface area contributed by atoms with Crippen LogP contribution in [0, 0.1) is 0 Å². The van der Waals surface area contributed by atoms with E-state index >= 15 is 0 Å². The summed E-state index contributed by atoms with van der Waals surface area (Å²) in [6, 6.07) is 22.1. The highest BCUT2D eigenvalue weighted by Gasteiger charge is 2.22. The monoisotopic (exact) mass is 450 g/mol. The van der Waals surface area contributed by atoms with Crippen LogP contribution in [-0.4, -0.2) is 62.4 Å². The first-order chi connectivity index (χ1) is 15.6. The Balaban J connectivity index is 1.19. The zero-order chi connectivity index (χ0) is 22.3. The first kappa shape index (κ1) is 22.0. The molecule has 1 fully saturated rings. The quantitative estimate of drug-likeness (QED) is 0.403. The first-order valence-electron chi connectivity index (χ1n) is 10.6. The Kier molecular flexibility index (Phi) is 7.17. The van der Waals surface area contributed by atoms with Crippen molar-refractivity contribution < 1.29 is 19.1 Å². The fraction of sp³-hybridized carbons (Fsp3) is 0.280. The van der Waals surface area contributed by atoms with E-state index < -0.39 is 0 Å². The van der Waals surface area contributed by atoms with Crippen LogP contribution in [-0.2, 0) is 14.3 Å². The third kappa shape index (κ3) is 5.53. The van der Waals surface area contributed by atoms with Gasteiger partial charge in [-0.05, 0) is 47.2 Å². The molecule has 0 unspecified atom stereocenters. The molecule has 1 heterocycles. The van der Waals surface area contributed by atoms with Crippen molar-refractivity contribution in [1.29, 1.82) is 0 Å². The van der Waals surface area contributed by atoms with E-state index in [-0.39, 0.29) is 24.2 Å². The van der Waals surface area contributed by atoms with E-state index in [4.69, 9.17) is 9.47 Å². The van der Waals surface area contributed by atoms with Gasteiger partial charge in [0.1, 0.15) is 5.75 Å². The van der Waals surface area contributed by atoms with E-state index in [1.165, 1.54) is 11.8 Å². The van der Waals surface area contributed by atoms with E-state index in [0.717, 1.165) is 40.2 Å². The largest absolute Gasteiger partial charge is 0.497 e. The van der Waals surface area contributed by atoms with Gasteiger partial charge in [-0.1, -0.05) is 30.3 Å². The molecule has 0 aromatic heterocycles. The number of thioether (sulfide) groups is 1. The summed E-state index contributed by atoms with van der Waals surface area (Å²) in [5, 5.41) is 2.30. The van der Waals surface area contributed by atoms with Crippen LogP contribution in [0.2, 0.25) is 0 Å². The summed E-state index contributed by atoms with van der Waals surface area (Å²) in [4.78, 5) is 29.6. The average molecular weight is 451 g/mol. The molecule has 0 spiro atoms. The molecule has 0 radical (unpaired) electrons. The maximum absolute atomic E-state index is 12.5. The van der Waals surface area contributed by atoms with E-state index in [2.05, 4.69) is 17.0 Å². The Morgan fingerprint density at radius 3 is 2.34 bits per heavy atom. The normalized spacial score (nSPS) is 13.8. The highest BCUT2D eigenvalue weighted by atomic mass is 32.2. The number of amides is 1. The molecule has 1 aliphatic heterocycles. The van der Waals surface area contributed by atoms with E-state index in [0.29, 0.717) is 13.1 Å². The highest BCUT2D eigenvalue weighted by molar-refractivity contribution is 8.00. The van der Waals surface area contributed by atoms with Crippen LogP contribution in [0.4, 0.5) is 5.69 Å². The van der Waals surface area contributed by atoms with Gasteiger partial charge in [0.25, 0.3) is 5.91 Å². The number of rotatable bonds is 7. The second-order valence-electron chi connectivity index (χ2n) is 7.52. The van der Waals surface area contributed by atoms with Crippen molar-refractivity contribution in [2.24, 2.45) is 0 Å². The topological polar surface area (TPSA) is 59.1 Å². The molecule has 3 aromatic carbocycles. The van der Waals surface area contributed by atoms with Crippen LogP contribution in [0.3, 0.4) is 0 Å². The summed E-state index contributed by atoms with van der Waals surface area (Å²) in [5.74, 6) is 0.469. The van der Waals surface area contributed by atoms with Crippen molar-refractivity contribution in [3.8, 4) is 5.75 Å². The Morgan fingerprint density at radius 2 is 1.62 bits per heavy atom. The molecular weight excluding hydrogens is 424 g/mol. The van der Waals surface area contributed by atoms with Crippen LogP contribution in [0.1, 0.15) is 0 Å². The number of hydrogen-bond acceptors (Lipinski definition) is 6. The van der Waals surface area contributed by atoms with Gasteiger partial charge < -0.3 is 19.3 Å². The molecule has 7 heteroatoms. The van der Waals surface area contributed by atoms with Gasteiger partial charge in [0.15, 0.2) is 6.61 Å². The number of hydrogen-bond donors (Lipinski definition) is 0. The molecule has 3 aromatic rings. The lowest BCUT2D eigenvalue weighted by Gasteiger charge is -2.36. The van der Waals surface area contributed by atoms with Crippen molar-refractivity contribution in [3.05, 3.63) is 66.7 Å². The van der Waals surface area contributed by atoms with Gasteiger partial charge >= 0.3 is 5.97 Å². The first-order valence-corrected chi connectivity index (χ1v) is 11.5. The second-order valence-corrected chi connectivity index (χ2v) is 8.57. The summed E-state index contributed by atoms with van der Waals surface area (Å²) >= 11 is 1.42. The third-order valence-corrected chi connectivity index (χ3v) is 6.47. The van der Waals surface area contributed by atoms with Crippen molar-refractivity contribution in [2.75, 3.05) is 50.5 Å². The Labute approximate surface area is 192 Å². The van der Waals surface area contributed by atoms with E-state index in [1.807, 2.05) is 54.6 Å². The molecular formula is C25H26N2O4S. The van der Waals surface area contributed by atoms with Crippen molar-refractivity contribution in [3.63, 3.8) is 0 Å². The molecule has 0 bridgehead atoms. The predicted octanol–water partition coefficient (Wildman–Crippen LogP) is 3.83. The minimum absolute atomic E-state index is 0.150. The number of anilines is 1. The van der Waals surface area contributed by atoms with Gasteiger partial charge in [-0.15, -0.1) is 11.8 Å². The van der Waals surface area contributed by atoms with Crippen LogP contribution in [0.25, 0.3) is 10.8 Å². The van der Waals surface area contributed by atoms with E-state index in [1.54, 1.807) is 12.0 Å². The fourth-order valence-corrected chi connectivity index (χ4v) is 4.42. The number of benzene rings is 3. The van der Waals surface area contributed by atoms with E-state index in [9.17, 15) is 9.59 Å². The van der Waals surface area contributed by atoms with Gasteiger partial charge in [0.05, 0.1) is 12.9 Å². The van der Waals surface area contributed by atoms with Gasteiger partial charge in [-0.3, -0.25) is 9.59 Å². The van der Waals surface area contributed by atoms with Crippen molar-refractivity contribution in [2.45, 2.75) is 4.90 Å². The van der Waals surface area contributed by atoms with Crippen LogP contribution in [0.5, 0.6) is 5.75 Å². The standard InChI is InChI=1S/C25H26N2O4S/c1-30-22-9-7-21(8-10-22)26-12-14-27(15-13-26)24(28)17-31-25(29)18-32-23-11-6-19-4-2-3-5-20(19)16-23/h2-11,16H,12-15,17-18H2,1H3. The third-order valence-electron chi connectivity index (χ3n) is 5.50. The lowest BCUT2D eigenvalue weighted by Crippen LogP contribution is -2.49. The molecule has 1 amide bonds. The van der Waals surface area contributed by atoms with Gasteiger partial charge in [0, 0.05) is 36.8 Å². The zero-order valence-corrected chi connectivity index (χ0v) is 18.8. The molecule has 1 aliphatic rings. The van der Waals surface area contributed by atoms with Crippen molar-refractivity contribution >= 4 is 40.1 Å². The molecule has 32 heavy (non-hydrogen) atoms. The molecule has 1 saturated heterocycles. The van der Waals surface area contributed by atoms with Gasteiger partial charge in [-0.2, -0.15) is 0 Å². The average Bonchev–Trinajstić information content (AvgIpc) is 2.86. The molecule has 166 valence electrons. The predicted molar refractivity (Wildman–Crippen MR) is 127 cm³/mol. The van der Waals surface area contributed by atoms with Gasteiger partial charge in [0.2, 0.25) is 0 Å². The summed E-state index contributed by atoms with van der Waals surface area (Å²) in [5.41, 5.74) is 1.11.